The van der Waals surface area contributed by atoms with E-state index in [4.69, 9.17) is 5.26 Å². The average Bonchev–Trinajstić information content (AvgIpc) is 2.54. The van der Waals surface area contributed by atoms with Gasteiger partial charge in [0.2, 0.25) is 5.91 Å². The number of hydrogen-bond acceptors (Lipinski definition) is 3. The number of piperidine rings is 1. The molecule has 1 aromatic carbocycles. The highest BCUT2D eigenvalue weighted by Gasteiger charge is 2.25. The molecule has 0 unspecified atom stereocenters. The summed E-state index contributed by atoms with van der Waals surface area (Å²) < 4.78 is 13.9. The van der Waals surface area contributed by atoms with Crippen LogP contribution >= 0.6 is 0 Å². The molecule has 1 aliphatic heterocycles. The lowest BCUT2D eigenvalue weighted by Crippen LogP contribution is -2.48. The molecule has 4 nitrogen and oxygen atoms in total. The molecule has 2 rings (SSSR count). The first kappa shape index (κ1) is 15.5. The van der Waals surface area contributed by atoms with E-state index in [9.17, 15) is 9.18 Å². The molecular weight excluding hydrogens is 269 g/mol. The highest BCUT2D eigenvalue weighted by molar-refractivity contribution is 5.82. The number of likely N-dealkylation sites (N-methyl/N-ethyl adjacent to an activating group) is 1. The van der Waals surface area contributed by atoms with Gasteiger partial charge in [-0.05, 0) is 38.4 Å². The molecule has 0 aliphatic carbocycles. The molecule has 5 heteroatoms. The maximum absolute atomic E-state index is 13.9. The maximum atomic E-state index is 13.9. The number of carbonyl (C=O) groups is 1. The molecule has 0 spiro atoms. The Bertz CT molecular complexity index is 547. The van der Waals surface area contributed by atoms with Crippen LogP contribution in [0.5, 0.6) is 0 Å². The van der Waals surface area contributed by atoms with E-state index in [1.165, 1.54) is 6.07 Å². The summed E-state index contributed by atoms with van der Waals surface area (Å²) in [5.74, 6) is -0.405. The molecule has 1 fully saturated rings. The summed E-state index contributed by atoms with van der Waals surface area (Å²) in [5, 5.41) is 12.0. The summed E-state index contributed by atoms with van der Waals surface area (Å²) in [6.07, 6.45) is 2.98. The van der Waals surface area contributed by atoms with Gasteiger partial charge in [0, 0.05) is 18.7 Å². The van der Waals surface area contributed by atoms with Crippen molar-refractivity contribution in [3.05, 3.63) is 35.1 Å². The number of hydrogen-bond donors (Lipinski definition) is 1. The third-order valence-electron chi connectivity index (χ3n) is 3.85. The lowest BCUT2D eigenvalue weighted by atomic mass is 10.0. The number of nitrogens with zero attached hydrogens (tertiary/aromatic N) is 2. The van der Waals surface area contributed by atoms with Gasteiger partial charge in [0.05, 0.1) is 17.7 Å². The van der Waals surface area contributed by atoms with Crippen molar-refractivity contribution in [3.63, 3.8) is 0 Å². The van der Waals surface area contributed by atoms with Gasteiger partial charge in [-0.25, -0.2) is 4.39 Å². The SMILES string of the molecule is CCN(Cc1ccc(C#N)cc1F)C(=O)[C@@H]1CCCCN1. The summed E-state index contributed by atoms with van der Waals surface area (Å²) in [5.41, 5.74) is 0.736. The number of nitriles is 1. The molecule has 0 bridgehead atoms. The summed E-state index contributed by atoms with van der Waals surface area (Å²) in [6.45, 7) is 3.53. The van der Waals surface area contributed by atoms with Crippen LogP contribution in [0.1, 0.15) is 37.3 Å². The number of rotatable bonds is 4. The topological polar surface area (TPSA) is 56.1 Å². The van der Waals surface area contributed by atoms with Crippen LogP contribution in [0.4, 0.5) is 4.39 Å². The maximum Gasteiger partial charge on any atom is 0.239 e. The zero-order valence-electron chi connectivity index (χ0n) is 12.2. The highest BCUT2D eigenvalue weighted by atomic mass is 19.1. The zero-order chi connectivity index (χ0) is 15.2. The monoisotopic (exact) mass is 289 g/mol. The van der Waals surface area contributed by atoms with Crippen LogP contribution in [0.25, 0.3) is 0 Å². The van der Waals surface area contributed by atoms with Crippen LogP contribution in [-0.2, 0) is 11.3 Å². The molecule has 0 saturated carbocycles. The van der Waals surface area contributed by atoms with E-state index < -0.39 is 5.82 Å². The minimum atomic E-state index is -0.433. The molecule has 1 amide bonds. The number of carbonyl (C=O) groups excluding carboxylic acids is 1. The first-order valence-electron chi connectivity index (χ1n) is 7.36. The number of halogens is 1. The molecule has 1 atom stereocenters. The highest BCUT2D eigenvalue weighted by Crippen LogP contribution is 2.15. The fraction of sp³-hybridized carbons (Fsp3) is 0.500. The normalized spacial score (nSPS) is 18.0. The van der Waals surface area contributed by atoms with Crippen molar-refractivity contribution in [2.75, 3.05) is 13.1 Å². The largest absolute Gasteiger partial charge is 0.337 e. The molecular formula is C16H20FN3O. The summed E-state index contributed by atoms with van der Waals surface area (Å²) in [6, 6.07) is 6.13. The molecule has 0 radical (unpaired) electrons. The second-order valence-corrected chi connectivity index (χ2v) is 5.27. The lowest BCUT2D eigenvalue weighted by molar-refractivity contribution is -0.134. The minimum Gasteiger partial charge on any atom is -0.337 e. The van der Waals surface area contributed by atoms with Gasteiger partial charge in [-0.2, -0.15) is 5.26 Å². The van der Waals surface area contributed by atoms with Gasteiger partial charge >= 0.3 is 0 Å². The zero-order valence-corrected chi connectivity index (χ0v) is 12.2. The Balaban J connectivity index is 2.08. The van der Waals surface area contributed by atoms with Crippen LogP contribution in [0.15, 0.2) is 18.2 Å². The minimum absolute atomic E-state index is 0.0287. The molecule has 1 aliphatic rings. The van der Waals surface area contributed by atoms with Crippen LogP contribution in [0.3, 0.4) is 0 Å². The van der Waals surface area contributed by atoms with Crippen molar-refractivity contribution in [2.45, 2.75) is 38.8 Å². The number of nitrogens with one attached hydrogen (secondary N) is 1. The Morgan fingerprint density at radius 1 is 1.52 bits per heavy atom. The average molecular weight is 289 g/mol. The first-order chi connectivity index (χ1) is 10.2. The third kappa shape index (κ3) is 3.79. The molecule has 1 heterocycles. The van der Waals surface area contributed by atoms with Gasteiger partial charge in [-0.3, -0.25) is 4.79 Å². The van der Waals surface area contributed by atoms with Gasteiger partial charge in [-0.15, -0.1) is 0 Å². The van der Waals surface area contributed by atoms with E-state index in [2.05, 4.69) is 5.32 Å². The van der Waals surface area contributed by atoms with Crippen molar-refractivity contribution in [3.8, 4) is 6.07 Å². The van der Waals surface area contributed by atoms with E-state index in [0.717, 1.165) is 25.8 Å². The van der Waals surface area contributed by atoms with E-state index in [-0.39, 0.29) is 18.5 Å². The fourth-order valence-corrected chi connectivity index (χ4v) is 2.58. The number of amides is 1. The molecule has 1 aromatic rings. The van der Waals surface area contributed by atoms with Gasteiger partial charge in [0.1, 0.15) is 5.82 Å². The van der Waals surface area contributed by atoms with Gasteiger partial charge in [-0.1, -0.05) is 12.5 Å². The predicted molar refractivity (Wildman–Crippen MR) is 77.8 cm³/mol. The summed E-state index contributed by atoms with van der Waals surface area (Å²) in [4.78, 5) is 14.1. The van der Waals surface area contributed by atoms with Crippen LogP contribution in [0.2, 0.25) is 0 Å². The Hall–Kier alpha value is -1.93. The van der Waals surface area contributed by atoms with E-state index in [0.29, 0.717) is 17.7 Å². The van der Waals surface area contributed by atoms with Crippen molar-refractivity contribution in [1.82, 2.24) is 10.2 Å². The molecule has 1 N–H and O–H groups in total. The first-order valence-corrected chi connectivity index (χ1v) is 7.36. The number of benzene rings is 1. The summed E-state index contributed by atoms with van der Waals surface area (Å²) in [7, 11) is 0. The standard InChI is InChI=1S/C16H20FN3O/c1-2-20(16(21)15-5-3-4-8-19-15)11-13-7-6-12(10-18)9-14(13)17/h6-7,9,15,19H,2-5,8,11H2,1H3/t15-/m0/s1. The van der Waals surface area contributed by atoms with Crippen molar-refractivity contribution in [2.24, 2.45) is 0 Å². The smallest absolute Gasteiger partial charge is 0.239 e. The van der Waals surface area contributed by atoms with Crippen molar-refractivity contribution < 1.29 is 9.18 Å². The van der Waals surface area contributed by atoms with E-state index >= 15 is 0 Å². The quantitative estimate of drug-likeness (QED) is 0.924. The molecule has 0 aromatic heterocycles. The molecule has 21 heavy (non-hydrogen) atoms. The predicted octanol–water partition coefficient (Wildman–Crippen LogP) is 2.19. The Kier molecular flexibility index (Phi) is 5.29. The Labute approximate surface area is 124 Å². The fourth-order valence-electron chi connectivity index (χ4n) is 2.58. The van der Waals surface area contributed by atoms with Crippen molar-refractivity contribution >= 4 is 5.91 Å². The Morgan fingerprint density at radius 2 is 2.33 bits per heavy atom. The molecule has 1 saturated heterocycles. The van der Waals surface area contributed by atoms with Crippen LogP contribution in [0, 0.1) is 17.1 Å². The van der Waals surface area contributed by atoms with Crippen LogP contribution < -0.4 is 5.32 Å². The van der Waals surface area contributed by atoms with E-state index in [1.807, 2.05) is 13.0 Å². The van der Waals surface area contributed by atoms with Crippen LogP contribution in [-0.4, -0.2) is 29.9 Å². The van der Waals surface area contributed by atoms with Gasteiger partial charge in [0.25, 0.3) is 0 Å². The second-order valence-electron chi connectivity index (χ2n) is 5.27. The summed E-state index contributed by atoms with van der Waals surface area (Å²) >= 11 is 0. The van der Waals surface area contributed by atoms with Gasteiger partial charge in [0.15, 0.2) is 0 Å². The van der Waals surface area contributed by atoms with Gasteiger partial charge < -0.3 is 10.2 Å². The molecule has 112 valence electrons. The van der Waals surface area contributed by atoms with E-state index in [1.54, 1.807) is 17.0 Å². The van der Waals surface area contributed by atoms with Crippen molar-refractivity contribution in [1.29, 1.82) is 5.26 Å². The third-order valence-corrected chi connectivity index (χ3v) is 3.85. The Morgan fingerprint density at radius 3 is 2.90 bits per heavy atom. The second kappa shape index (κ2) is 7.19. The lowest BCUT2D eigenvalue weighted by Gasteiger charge is -2.29.